The number of nitrogens with one attached hydrogen (secondary N) is 6. The number of hydrogen-bond acceptors (Lipinski definition) is 8. The molecule has 3 atom stereocenters. The van der Waals surface area contributed by atoms with Crippen LogP contribution in [0.1, 0.15) is 24.8 Å². The fourth-order valence-corrected chi connectivity index (χ4v) is 4.41. The van der Waals surface area contributed by atoms with Crippen LogP contribution in [0.25, 0.3) is 0 Å². The van der Waals surface area contributed by atoms with E-state index >= 15 is 0 Å². The Morgan fingerprint density at radius 3 is 2.64 bits per heavy atom. The number of nitrogens with two attached hydrogens (primary N) is 1. The molecular weight excluding hydrogens is 564 g/mol. The van der Waals surface area contributed by atoms with Crippen molar-refractivity contribution in [3.05, 3.63) is 70.8 Å². The van der Waals surface area contributed by atoms with E-state index in [0.717, 1.165) is 10.0 Å². The number of aliphatic imine (C=N–C) groups is 1. The van der Waals surface area contributed by atoms with E-state index in [-0.39, 0.29) is 17.7 Å². The van der Waals surface area contributed by atoms with Crippen LogP contribution in [0, 0.1) is 0 Å². The maximum atomic E-state index is 12.7. The van der Waals surface area contributed by atoms with Gasteiger partial charge >= 0.3 is 0 Å². The van der Waals surface area contributed by atoms with Crippen LogP contribution in [0.15, 0.2) is 70.3 Å². The minimum absolute atomic E-state index is 0.0936. The molecule has 4 rings (SSSR count). The van der Waals surface area contributed by atoms with Gasteiger partial charge in [0.15, 0.2) is 0 Å². The lowest BCUT2D eigenvalue weighted by Gasteiger charge is -2.35. The maximum Gasteiger partial charge on any atom is 0.265 e. The summed E-state index contributed by atoms with van der Waals surface area (Å²) in [4.78, 5) is 40.8. The summed E-state index contributed by atoms with van der Waals surface area (Å²) in [6, 6.07) is 15.8. The summed E-state index contributed by atoms with van der Waals surface area (Å²) in [5.74, 6) is -1.59. The number of benzene rings is 2. The molecule has 2 aliphatic rings. The minimum atomic E-state index is -1.05. The molecule has 12 heteroatoms. The highest BCUT2D eigenvalue weighted by atomic mass is 79.9. The first-order valence-corrected chi connectivity index (χ1v) is 13.6. The van der Waals surface area contributed by atoms with Gasteiger partial charge in [-0.1, -0.05) is 36.4 Å². The Morgan fingerprint density at radius 2 is 1.92 bits per heavy atom. The Labute approximate surface area is 235 Å². The number of amides is 3. The number of carbonyl (C=O) groups excluding carboxylic acids is 3. The van der Waals surface area contributed by atoms with E-state index in [2.05, 4.69) is 52.8 Å². The third kappa shape index (κ3) is 8.37. The van der Waals surface area contributed by atoms with Gasteiger partial charge in [0.25, 0.3) is 5.91 Å². The second-order valence-electron chi connectivity index (χ2n) is 9.36. The smallest absolute Gasteiger partial charge is 0.265 e. The van der Waals surface area contributed by atoms with Crippen molar-refractivity contribution >= 4 is 51.2 Å². The van der Waals surface area contributed by atoms with Gasteiger partial charge in [-0.15, -0.1) is 0 Å². The molecule has 0 radical (unpaired) electrons. The Hall–Kier alpha value is -3.74. The molecule has 3 amide bonds. The highest BCUT2D eigenvalue weighted by Gasteiger charge is 2.30. The monoisotopic (exact) mass is 596 g/mol. The van der Waals surface area contributed by atoms with Gasteiger partial charge in [0.2, 0.25) is 17.7 Å². The zero-order valence-electron chi connectivity index (χ0n) is 21.4. The fraction of sp³-hybridized carbons (Fsp3) is 0.333. The molecule has 2 aromatic rings. The predicted octanol–water partition coefficient (Wildman–Crippen LogP) is 1.50. The molecule has 11 nitrogen and oxygen atoms in total. The fourth-order valence-electron chi connectivity index (χ4n) is 4.20. The molecular formula is C27H33BrN8O3. The van der Waals surface area contributed by atoms with Crippen LogP contribution in [0.4, 0.5) is 11.4 Å². The molecule has 2 heterocycles. The summed E-state index contributed by atoms with van der Waals surface area (Å²) in [6.45, 7) is 0.965. The lowest BCUT2D eigenvalue weighted by molar-refractivity contribution is -0.125. The molecule has 8 N–H and O–H groups in total. The second-order valence-corrected chi connectivity index (χ2v) is 10.3. The van der Waals surface area contributed by atoms with Crippen LogP contribution in [0.3, 0.4) is 0 Å². The van der Waals surface area contributed by atoms with Crippen molar-refractivity contribution in [3.8, 4) is 0 Å². The second kappa shape index (κ2) is 13.4. The van der Waals surface area contributed by atoms with E-state index in [9.17, 15) is 14.4 Å². The molecule has 2 unspecified atom stereocenters. The topological polar surface area (TPSA) is 162 Å². The molecule has 0 spiro atoms. The molecule has 2 aliphatic heterocycles. The lowest BCUT2D eigenvalue weighted by atomic mass is 10.1. The molecule has 0 saturated carbocycles. The summed E-state index contributed by atoms with van der Waals surface area (Å²) in [5, 5.41) is 18.3. The van der Waals surface area contributed by atoms with Gasteiger partial charge in [0.1, 0.15) is 6.04 Å². The first kappa shape index (κ1) is 28.3. The van der Waals surface area contributed by atoms with Gasteiger partial charge in [-0.3, -0.25) is 19.7 Å². The minimum Gasteiger partial charge on any atom is -0.354 e. The zero-order chi connectivity index (χ0) is 27.7. The van der Waals surface area contributed by atoms with Crippen LogP contribution in [0.5, 0.6) is 0 Å². The van der Waals surface area contributed by atoms with Crippen molar-refractivity contribution in [1.29, 1.82) is 0 Å². The third-order valence-electron chi connectivity index (χ3n) is 6.24. The molecule has 39 heavy (non-hydrogen) atoms. The Kier molecular flexibility index (Phi) is 9.69. The van der Waals surface area contributed by atoms with Crippen LogP contribution in [0.2, 0.25) is 0 Å². The van der Waals surface area contributed by atoms with Crippen molar-refractivity contribution in [2.75, 3.05) is 23.7 Å². The standard InChI is InChI=1S/C27H33BrN8O3/c28-19-16-32-27(33-17-19,31-13-5-12-30-26(39)23-10-11-24(37)35-23)36-21-9-4-8-20(15-21)34-25(38)22(29)14-18-6-2-1-3-7-18/h1-4,6-9,15-17,22-23,31-32,36H,5,10-14,29H2,(H,30,39)(H,34,38)(H,35,37)/t22-,23?,27?/m1/s1. The van der Waals surface area contributed by atoms with E-state index in [0.29, 0.717) is 50.1 Å². The summed E-state index contributed by atoms with van der Waals surface area (Å²) >= 11 is 3.40. The van der Waals surface area contributed by atoms with E-state index in [1.54, 1.807) is 24.5 Å². The Bertz CT molecular complexity index is 1240. The van der Waals surface area contributed by atoms with Gasteiger partial charge in [-0.2, -0.15) is 0 Å². The summed E-state index contributed by atoms with van der Waals surface area (Å²) in [5.41, 5.74) is 8.44. The van der Waals surface area contributed by atoms with E-state index in [1.165, 1.54) is 0 Å². The Balaban J connectivity index is 1.31. The SMILES string of the molecule is N[C@H](Cc1ccccc1)C(=O)Nc1cccc(NC2(NCCCNC(=O)C3CCC(=O)N3)N=CC(Br)=CN2)c1. The number of rotatable bonds is 12. The van der Waals surface area contributed by atoms with Gasteiger partial charge in [0, 0.05) is 43.3 Å². The maximum absolute atomic E-state index is 12.7. The van der Waals surface area contributed by atoms with E-state index in [1.807, 2.05) is 42.5 Å². The van der Waals surface area contributed by atoms with Gasteiger partial charge in [-0.25, -0.2) is 4.99 Å². The largest absolute Gasteiger partial charge is 0.354 e. The van der Waals surface area contributed by atoms with Gasteiger partial charge in [-0.05, 0) is 59.0 Å². The first-order chi connectivity index (χ1) is 18.8. The summed E-state index contributed by atoms with van der Waals surface area (Å²) in [6.07, 6.45) is 5.42. The van der Waals surface area contributed by atoms with Crippen molar-refractivity contribution in [3.63, 3.8) is 0 Å². The number of hydrogen-bond donors (Lipinski definition) is 7. The molecule has 0 bridgehead atoms. The van der Waals surface area contributed by atoms with Crippen molar-refractivity contribution in [1.82, 2.24) is 21.3 Å². The molecule has 0 aromatic heterocycles. The van der Waals surface area contributed by atoms with Crippen LogP contribution in [-0.2, 0) is 20.8 Å². The van der Waals surface area contributed by atoms with Crippen molar-refractivity contribution in [2.24, 2.45) is 10.7 Å². The number of nitrogens with zero attached hydrogens (tertiary/aromatic N) is 1. The van der Waals surface area contributed by atoms with Crippen LogP contribution >= 0.6 is 15.9 Å². The van der Waals surface area contributed by atoms with Gasteiger partial charge in [0.05, 0.1) is 10.5 Å². The van der Waals surface area contributed by atoms with E-state index in [4.69, 9.17) is 5.73 Å². The third-order valence-corrected chi connectivity index (χ3v) is 6.67. The molecule has 2 aromatic carbocycles. The normalized spacial score (nSPS) is 20.8. The van der Waals surface area contributed by atoms with Crippen molar-refractivity contribution < 1.29 is 14.4 Å². The molecule has 0 aliphatic carbocycles. The van der Waals surface area contributed by atoms with Crippen molar-refractivity contribution in [2.45, 2.75) is 43.7 Å². The number of halogens is 1. The first-order valence-electron chi connectivity index (χ1n) is 12.8. The molecule has 1 fully saturated rings. The quantitative estimate of drug-likeness (QED) is 0.144. The number of allylic oxidation sites excluding steroid dienone is 1. The predicted molar refractivity (Wildman–Crippen MR) is 155 cm³/mol. The molecule has 1 saturated heterocycles. The van der Waals surface area contributed by atoms with E-state index < -0.39 is 18.0 Å². The highest BCUT2D eigenvalue weighted by Crippen LogP contribution is 2.21. The summed E-state index contributed by atoms with van der Waals surface area (Å²) in [7, 11) is 0. The zero-order valence-corrected chi connectivity index (χ0v) is 23.0. The highest BCUT2D eigenvalue weighted by molar-refractivity contribution is 9.12. The average molecular weight is 598 g/mol. The molecule has 206 valence electrons. The average Bonchev–Trinajstić information content (AvgIpc) is 3.37. The van der Waals surface area contributed by atoms with Crippen LogP contribution < -0.4 is 37.6 Å². The van der Waals surface area contributed by atoms with Gasteiger partial charge < -0.3 is 32.3 Å². The number of carbonyl (C=O) groups is 3. The van der Waals surface area contributed by atoms with Crippen LogP contribution in [-0.4, -0.2) is 55.0 Å². The summed E-state index contributed by atoms with van der Waals surface area (Å²) < 4.78 is 0.779. The lowest BCUT2D eigenvalue weighted by Crippen LogP contribution is -2.61. The Morgan fingerprint density at radius 1 is 1.13 bits per heavy atom. The number of anilines is 2.